The van der Waals surface area contributed by atoms with E-state index in [-0.39, 0.29) is 23.2 Å². The molecular formula is C14H10N4O3. The molecule has 21 heavy (non-hydrogen) atoms. The summed E-state index contributed by atoms with van der Waals surface area (Å²) in [5.41, 5.74) is 0.999. The molecule has 7 heteroatoms. The number of aromatic nitrogens is 2. The summed E-state index contributed by atoms with van der Waals surface area (Å²) in [5, 5.41) is 21.6. The summed E-state index contributed by atoms with van der Waals surface area (Å²) in [4.78, 5) is 10.5. The first kappa shape index (κ1) is 12.8. The van der Waals surface area contributed by atoms with Gasteiger partial charge in [0.1, 0.15) is 5.56 Å². The predicted molar refractivity (Wildman–Crippen MR) is 76.1 cm³/mol. The first-order chi connectivity index (χ1) is 10.2. The van der Waals surface area contributed by atoms with Crippen molar-refractivity contribution in [3.63, 3.8) is 0 Å². The first-order valence-electron chi connectivity index (χ1n) is 6.13. The molecule has 0 amide bonds. The number of benzene rings is 2. The monoisotopic (exact) mass is 282 g/mol. The van der Waals surface area contributed by atoms with Crippen molar-refractivity contribution < 1.29 is 9.34 Å². The molecule has 2 aromatic carbocycles. The van der Waals surface area contributed by atoms with Crippen molar-refractivity contribution in [3.8, 4) is 11.5 Å². The van der Waals surface area contributed by atoms with Crippen LogP contribution >= 0.6 is 0 Å². The largest absolute Gasteiger partial charge is 0.403 e. The Kier molecular flexibility index (Phi) is 3.30. The van der Waals surface area contributed by atoms with Gasteiger partial charge in [0.25, 0.3) is 11.6 Å². The van der Waals surface area contributed by atoms with Crippen molar-refractivity contribution >= 4 is 17.4 Å². The van der Waals surface area contributed by atoms with Gasteiger partial charge in [-0.3, -0.25) is 10.1 Å². The van der Waals surface area contributed by atoms with Crippen LogP contribution in [-0.4, -0.2) is 15.1 Å². The van der Waals surface area contributed by atoms with E-state index in [1.807, 2.05) is 30.3 Å². The molecular weight excluding hydrogens is 272 g/mol. The summed E-state index contributed by atoms with van der Waals surface area (Å²) in [7, 11) is 0. The number of rotatable bonds is 4. The van der Waals surface area contributed by atoms with Gasteiger partial charge < -0.3 is 9.73 Å². The second kappa shape index (κ2) is 5.41. The molecule has 0 spiro atoms. The fourth-order valence-electron chi connectivity index (χ4n) is 1.84. The minimum Gasteiger partial charge on any atom is -0.403 e. The topological polar surface area (TPSA) is 94.1 Å². The lowest BCUT2D eigenvalue weighted by molar-refractivity contribution is -0.384. The molecule has 3 rings (SSSR count). The van der Waals surface area contributed by atoms with Gasteiger partial charge in [0.05, 0.1) is 4.92 Å². The number of nitrogens with one attached hydrogen (secondary N) is 1. The number of hydrogen-bond acceptors (Lipinski definition) is 6. The first-order valence-corrected chi connectivity index (χ1v) is 6.13. The SMILES string of the molecule is O=[N+]([O-])c1ccccc1-c1nnc(Nc2ccccc2)o1. The van der Waals surface area contributed by atoms with E-state index in [0.29, 0.717) is 0 Å². The van der Waals surface area contributed by atoms with Crippen LogP contribution in [0.2, 0.25) is 0 Å². The van der Waals surface area contributed by atoms with Crippen LogP contribution in [0.25, 0.3) is 11.5 Å². The van der Waals surface area contributed by atoms with Crippen LogP contribution in [-0.2, 0) is 0 Å². The Morgan fingerprint density at radius 2 is 1.71 bits per heavy atom. The molecule has 0 atom stereocenters. The molecule has 0 aliphatic carbocycles. The smallest absolute Gasteiger partial charge is 0.320 e. The highest BCUT2D eigenvalue weighted by atomic mass is 16.6. The number of para-hydroxylation sites is 2. The third-order valence-corrected chi connectivity index (χ3v) is 2.78. The second-order valence-electron chi connectivity index (χ2n) is 4.18. The van der Waals surface area contributed by atoms with Crippen LogP contribution in [0.15, 0.2) is 59.0 Å². The highest BCUT2D eigenvalue weighted by Crippen LogP contribution is 2.29. The van der Waals surface area contributed by atoms with E-state index in [1.54, 1.807) is 18.2 Å². The standard InChI is InChI=1S/C14H10N4O3/c19-18(20)12-9-5-4-8-11(12)13-16-17-14(21-13)15-10-6-2-1-3-7-10/h1-9H,(H,15,17). The van der Waals surface area contributed by atoms with Crippen molar-refractivity contribution in [3.05, 3.63) is 64.7 Å². The van der Waals surface area contributed by atoms with E-state index in [9.17, 15) is 10.1 Å². The molecule has 1 heterocycles. The van der Waals surface area contributed by atoms with Crippen LogP contribution in [0, 0.1) is 10.1 Å². The fourth-order valence-corrected chi connectivity index (χ4v) is 1.84. The molecule has 0 radical (unpaired) electrons. The van der Waals surface area contributed by atoms with E-state index >= 15 is 0 Å². The third kappa shape index (κ3) is 2.71. The van der Waals surface area contributed by atoms with Crippen LogP contribution in [0.5, 0.6) is 0 Å². The van der Waals surface area contributed by atoms with Gasteiger partial charge in [0, 0.05) is 11.8 Å². The summed E-state index contributed by atoms with van der Waals surface area (Å²) in [6.45, 7) is 0. The summed E-state index contributed by atoms with van der Waals surface area (Å²) < 4.78 is 5.43. The summed E-state index contributed by atoms with van der Waals surface area (Å²) in [6, 6.07) is 15.7. The van der Waals surface area contributed by atoms with Gasteiger partial charge in [-0.1, -0.05) is 35.4 Å². The van der Waals surface area contributed by atoms with E-state index in [1.165, 1.54) is 6.07 Å². The lowest BCUT2D eigenvalue weighted by Crippen LogP contribution is -1.91. The molecule has 7 nitrogen and oxygen atoms in total. The van der Waals surface area contributed by atoms with Crippen molar-refractivity contribution in [2.24, 2.45) is 0 Å². The molecule has 0 bridgehead atoms. The number of anilines is 2. The second-order valence-corrected chi connectivity index (χ2v) is 4.18. The zero-order valence-corrected chi connectivity index (χ0v) is 10.8. The Balaban J connectivity index is 1.90. The lowest BCUT2D eigenvalue weighted by atomic mass is 10.2. The molecule has 0 aliphatic heterocycles. The van der Waals surface area contributed by atoms with Gasteiger partial charge in [0.2, 0.25) is 0 Å². The summed E-state index contributed by atoms with van der Waals surface area (Å²) in [6.07, 6.45) is 0. The quantitative estimate of drug-likeness (QED) is 0.582. The third-order valence-electron chi connectivity index (χ3n) is 2.78. The van der Waals surface area contributed by atoms with Crippen LogP contribution < -0.4 is 5.32 Å². The molecule has 0 saturated heterocycles. The Hall–Kier alpha value is -3.22. The Morgan fingerprint density at radius 1 is 1.00 bits per heavy atom. The molecule has 0 unspecified atom stereocenters. The Bertz CT molecular complexity index is 771. The van der Waals surface area contributed by atoms with E-state index in [0.717, 1.165) is 5.69 Å². The van der Waals surface area contributed by atoms with Gasteiger partial charge >= 0.3 is 6.01 Å². The molecule has 0 aliphatic rings. The summed E-state index contributed by atoms with van der Waals surface area (Å²) >= 11 is 0. The maximum Gasteiger partial charge on any atom is 0.320 e. The molecule has 104 valence electrons. The number of nitrogens with zero attached hydrogens (tertiary/aromatic N) is 3. The average molecular weight is 282 g/mol. The van der Waals surface area contributed by atoms with Crippen LogP contribution in [0.4, 0.5) is 17.4 Å². The average Bonchev–Trinajstić information content (AvgIpc) is 2.96. The fraction of sp³-hybridized carbons (Fsp3) is 0. The van der Waals surface area contributed by atoms with E-state index < -0.39 is 4.92 Å². The van der Waals surface area contributed by atoms with Gasteiger partial charge in [-0.2, -0.15) is 0 Å². The molecule has 0 fully saturated rings. The Labute approximate surface area is 119 Å². The summed E-state index contributed by atoms with van der Waals surface area (Å²) in [5.74, 6) is 0.0979. The molecule has 1 aromatic heterocycles. The predicted octanol–water partition coefficient (Wildman–Crippen LogP) is 3.39. The van der Waals surface area contributed by atoms with Gasteiger partial charge in [-0.15, -0.1) is 5.10 Å². The lowest BCUT2D eigenvalue weighted by Gasteiger charge is -1.99. The van der Waals surface area contributed by atoms with Crippen molar-refractivity contribution in [2.45, 2.75) is 0 Å². The van der Waals surface area contributed by atoms with E-state index in [2.05, 4.69) is 15.5 Å². The highest BCUT2D eigenvalue weighted by molar-refractivity contribution is 5.67. The minimum atomic E-state index is -0.482. The molecule has 3 aromatic rings. The Morgan fingerprint density at radius 3 is 2.48 bits per heavy atom. The molecule has 1 N–H and O–H groups in total. The van der Waals surface area contributed by atoms with Crippen molar-refractivity contribution in [1.29, 1.82) is 0 Å². The zero-order valence-electron chi connectivity index (χ0n) is 10.8. The maximum absolute atomic E-state index is 11.0. The van der Waals surface area contributed by atoms with Crippen molar-refractivity contribution in [1.82, 2.24) is 10.2 Å². The number of hydrogen-bond donors (Lipinski definition) is 1. The number of nitro groups is 1. The van der Waals surface area contributed by atoms with Crippen LogP contribution in [0.3, 0.4) is 0 Å². The normalized spacial score (nSPS) is 10.3. The van der Waals surface area contributed by atoms with E-state index in [4.69, 9.17) is 4.42 Å². The van der Waals surface area contributed by atoms with Gasteiger partial charge in [-0.25, -0.2) is 0 Å². The van der Waals surface area contributed by atoms with Crippen LogP contribution in [0.1, 0.15) is 0 Å². The maximum atomic E-state index is 11.0. The van der Waals surface area contributed by atoms with Crippen molar-refractivity contribution in [2.75, 3.05) is 5.32 Å². The van der Waals surface area contributed by atoms with Gasteiger partial charge in [0.15, 0.2) is 0 Å². The highest BCUT2D eigenvalue weighted by Gasteiger charge is 2.19. The van der Waals surface area contributed by atoms with Gasteiger partial charge in [-0.05, 0) is 18.2 Å². The minimum absolute atomic E-state index is 0.0765. The molecule has 0 saturated carbocycles. The number of nitro benzene ring substituents is 1. The zero-order chi connectivity index (χ0) is 14.7.